The van der Waals surface area contributed by atoms with Crippen molar-refractivity contribution in [2.45, 2.75) is 39.8 Å². The van der Waals surface area contributed by atoms with Crippen molar-refractivity contribution >= 4 is 5.69 Å². The Morgan fingerprint density at radius 3 is 2.74 bits per heavy atom. The summed E-state index contributed by atoms with van der Waals surface area (Å²) in [5.41, 5.74) is 9.52. The molecule has 0 radical (unpaired) electrons. The average molecular weight is 261 g/mol. The zero-order chi connectivity index (χ0) is 13.8. The SMILES string of the molecule is CCN(CC)C1CCN(Cc2cccc(N)c2C)C1. The van der Waals surface area contributed by atoms with E-state index in [1.165, 1.54) is 30.6 Å². The summed E-state index contributed by atoms with van der Waals surface area (Å²) >= 11 is 0. The van der Waals surface area contributed by atoms with Crippen LogP contribution in [0.15, 0.2) is 18.2 Å². The van der Waals surface area contributed by atoms with E-state index in [1.807, 2.05) is 6.07 Å². The second-order valence-electron chi connectivity index (χ2n) is 5.53. The second-order valence-corrected chi connectivity index (χ2v) is 5.53. The molecule has 19 heavy (non-hydrogen) atoms. The Hall–Kier alpha value is -1.06. The molecule has 1 aromatic carbocycles. The summed E-state index contributed by atoms with van der Waals surface area (Å²) in [6.45, 7) is 12.4. The molecule has 2 N–H and O–H groups in total. The van der Waals surface area contributed by atoms with Crippen LogP contribution >= 0.6 is 0 Å². The maximum absolute atomic E-state index is 5.99. The van der Waals surface area contributed by atoms with Crippen LogP contribution in [0, 0.1) is 6.92 Å². The van der Waals surface area contributed by atoms with Gasteiger partial charge in [0.1, 0.15) is 0 Å². The molecule has 0 spiro atoms. The van der Waals surface area contributed by atoms with Gasteiger partial charge in [0.2, 0.25) is 0 Å². The number of nitrogens with zero attached hydrogens (tertiary/aromatic N) is 2. The number of nitrogens with two attached hydrogens (primary N) is 1. The van der Waals surface area contributed by atoms with E-state index in [-0.39, 0.29) is 0 Å². The van der Waals surface area contributed by atoms with Gasteiger partial charge in [-0.3, -0.25) is 9.80 Å². The third-order valence-electron chi connectivity index (χ3n) is 4.46. The fraction of sp³-hybridized carbons (Fsp3) is 0.625. The van der Waals surface area contributed by atoms with Gasteiger partial charge in [-0.15, -0.1) is 0 Å². The number of rotatable bonds is 5. The van der Waals surface area contributed by atoms with Gasteiger partial charge in [0.05, 0.1) is 0 Å². The molecule has 3 nitrogen and oxygen atoms in total. The lowest BCUT2D eigenvalue weighted by molar-refractivity contribution is 0.209. The molecular weight excluding hydrogens is 234 g/mol. The van der Waals surface area contributed by atoms with Gasteiger partial charge in [0.15, 0.2) is 0 Å². The summed E-state index contributed by atoms with van der Waals surface area (Å²) in [5.74, 6) is 0. The Balaban J connectivity index is 1.97. The van der Waals surface area contributed by atoms with E-state index in [0.29, 0.717) is 0 Å². The molecule has 1 heterocycles. The maximum atomic E-state index is 5.99. The highest BCUT2D eigenvalue weighted by atomic mass is 15.2. The van der Waals surface area contributed by atoms with Gasteiger partial charge < -0.3 is 5.73 Å². The summed E-state index contributed by atoms with van der Waals surface area (Å²) in [6.07, 6.45) is 1.29. The van der Waals surface area contributed by atoms with Crippen LogP contribution < -0.4 is 5.73 Å². The highest BCUT2D eigenvalue weighted by Crippen LogP contribution is 2.21. The largest absolute Gasteiger partial charge is 0.399 e. The van der Waals surface area contributed by atoms with Crippen molar-refractivity contribution in [3.8, 4) is 0 Å². The lowest BCUT2D eigenvalue weighted by Gasteiger charge is -2.26. The fourth-order valence-electron chi connectivity index (χ4n) is 3.11. The predicted octanol–water partition coefficient (Wildman–Crippen LogP) is 2.49. The Bertz CT molecular complexity index is 412. The Labute approximate surface area is 117 Å². The van der Waals surface area contributed by atoms with Crippen molar-refractivity contribution in [2.24, 2.45) is 0 Å². The first-order valence-corrected chi connectivity index (χ1v) is 7.46. The molecule has 106 valence electrons. The second kappa shape index (κ2) is 6.40. The van der Waals surface area contributed by atoms with Crippen LogP contribution in [0.1, 0.15) is 31.4 Å². The summed E-state index contributed by atoms with van der Waals surface area (Å²) in [6, 6.07) is 6.99. The summed E-state index contributed by atoms with van der Waals surface area (Å²) in [7, 11) is 0. The molecule has 1 aliphatic rings. The minimum Gasteiger partial charge on any atom is -0.399 e. The monoisotopic (exact) mass is 261 g/mol. The minimum absolute atomic E-state index is 0.733. The number of hydrogen-bond donors (Lipinski definition) is 1. The van der Waals surface area contributed by atoms with Gasteiger partial charge >= 0.3 is 0 Å². The molecule has 0 amide bonds. The Kier molecular flexibility index (Phi) is 4.83. The molecule has 0 aromatic heterocycles. The molecule has 1 aromatic rings. The first kappa shape index (κ1) is 14.4. The topological polar surface area (TPSA) is 32.5 Å². The van der Waals surface area contributed by atoms with Crippen molar-refractivity contribution in [1.82, 2.24) is 9.80 Å². The van der Waals surface area contributed by atoms with Crippen LogP contribution in [-0.2, 0) is 6.54 Å². The zero-order valence-electron chi connectivity index (χ0n) is 12.5. The van der Waals surface area contributed by atoms with Crippen LogP contribution in [0.2, 0.25) is 0 Å². The van der Waals surface area contributed by atoms with Crippen LogP contribution in [-0.4, -0.2) is 42.0 Å². The van der Waals surface area contributed by atoms with Gasteiger partial charge in [-0.2, -0.15) is 0 Å². The Morgan fingerprint density at radius 2 is 2.05 bits per heavy atom. The number of likely N-dealkylation sites (N-methyl/N-ethyl adjacent to an activating group) is 1. The molecule has 3 heteroatoms. The van der Waals surface area contributed by atoms with Gasteiger partial charge in [0, 0.05) is 31.4 Å². The van der Waals surface area contributed by atoms with Crippen molar-refractivity contribution < 1.29 is 0 Å². The minimum atomic E-state index is 0.733. The lowest BCUT2D eigenvalue weighted by Crippen LogP contribution is -2.37. The van der Waals surface area contributed by atoms with Gasteiger partial charge in [-0.05, 0) is 43.6 Å². The first-order valence-electron chi connectivity index (χ1n) is 7.46. The van der Waals surface area contributed by atoms with Crippen molar-refractivity contribution in [1.29, 1.82) is 0 Å². The molecule has 1 atom stereocenters. The number of nitrogen functional groups attached to an aromatic ring is 1. The van der Waals surface area contributed by atoms with E-state index >= 15 is 0 Å². The third kappa shape index (κ3) is 3.28. The standard InChI is InChI=1S/C16H27N3/c1-4-19(5-2)15-9-10-18(12-15)11-14-7-6-8-16(17)13(14)3/h6-8,15H,4-5,9-12,17H2,1-3H3. The molecule has 1 aliphatic heterocycles. The molecular formula is C16H27N3. The predicted molar refractivity (Wildman–Crippen MR) is 82.2 cm³/mol. The summed E-state index contributed by atoms with van der Waals surface area (Å²) < 4.78 is 0. The van der Waals surface area contributed by atoms with Gasteiger partial charge in [-0.1, -0.05) is 26.0 Å². The number of anilines is 1. The quantitative estimate of drug-likeness (QED) is 0.827. The highest BCUT2D eigenvalue weighted by Gasteiger charge is 2.26. The van der Waals surface area contributed by atoms with Crippen molar-refractivity contribution in [3.05, 3.63) is 29.3 Å². The summed E-state index contributed by atoms with van der Waals surface area (Å²) in [4.78, 5) is 5.14. The van der Waals surface area contributed by atoms with E-state index in [2.05, 4.69) is 42.7 Å². The van der Waals surface area contributed by atoms with Crippen LogP contribution in [0.25, 0.3) is 0 Å². The number of likely N-dealkylation sites (tertiary alicyclic amines) is 1. The Morgan fingerprint density at radius 1 is 1.32 bits per heavy atom. The van der Waals surface area contributed by atoms with E-state index in [0.717, 1.165) is 31.4 Å². The maximum Gasteiger partial charge on any atom is 0.0346 e. The normalized spacial score (nSPS) is 20.3. The fourth-order valence-corrected chi connectivity index (χ4v) is 3.11. The van der Waals surface area contributed by atoms with E-state index < -0.39 is 0 Å². The van der Waals surface area contributed by atoms with Gasteiger partial charge in [0.25, 0.3) is 0 Å². The molecule has 2 rings (SSSR count). The first-order chi connectivity index (χ1) is 9.15. The zero-order valence-corrected chi connectivity index (χ0v) is 12.5. The van der Waals surface area contributed by atoms with Crippen LogP contribution in [0.3, 0.4) is 0 Å². The number of benzene rings is 1. The van der Waals surface area contributed by atoms with E-state index in [9.17, 15) is 0 Å². The number of hydrogen-bond acceptors (Lipinski definition) is 3. The molecule has 1 fully saturated rings. The lowest BCUT2D eigenvalue weighted by atomic mass is 10.1. The summed E-state index contributed by atoms with van der Waals surface area (Å²) in [5, 5.41) is 0. The molecule has 1 saturated heterocycles. The van der Waals surface area contributed by atoms with Crippen LogP contribution in [0.4, 0.5) is 5.69 Å². The highest BCUT2D eigenvalue weighted by molar-refractivity contribution is 5.49. The van der Waals surface area contributed by atoms with Crippen LogP contribution in [0.5, 0.6) is 0 Å². The molecule has 1 unspecified atom stereocenters. The van der Waals surface area contributed by atoms with E-state index in [1.54, 1.807) is 0 Å². The smallest absolute Gasteiger partial charge is 0.0346 e. The van der Waals surface area contributed by atoms with E-state index in [4.69, 9.17) is 5.73 Å². The third-order valence-corrected chi connectivity index (χ3v) is 4.46. The van der Waals surface area contributed by atoms with Crippen molar-refractivity contribution in [2.75, 3.05) is 31.9 Å². The molecule has 0 saturated carbocycles. The molecule has 0 bridgehead atoms. The average Bonchev–Trinajstić information content (AvgIpc) is 2.85. The van der Waals surface area contributed by atoms with Gasteiger partial charge in [-0.25, -0.2) is 0 Å². The molecule has 0 aliphatic carbocycles. The van der Waals surface area contributed by atoms with Crippen molar-refractivity contribution in [3.63, 3.8) is 0 Å².